The van der Waals surface area contributed by atoms with Crippen molar-refractivity contribution >= 4 is 31.9 Å². The molecule has 0 radical (unpaired) electrons. The number of aromatic nitrogens is 2. The smallest absolute Gasteiger partial charge is 0.0695 e. The van der Waals surface area contributed by atoms with Crippen LogP contribution in [0.2, 0.25) is 0 Å². The second-order valence-corrected chi connectivity index (χ2v) is 6.12. The van der Waals surface area contributed by atoms with Crippen molar-refractivity contribution in [2.24, 2.45) is 7.05 Å². The monoisotopic (exact) mass is 385 g/mol. The van der Waals surface area contributed by atoms with Gasteiger partial charge in [0.1, 0.15) is 0 Å². The number of halogens is 2. The van der Waals surface area contributed by atoms with Crippen LogP contribution < -0.4 is 5.32 Å². The van der Waals surface area contributed by atoms with E-state index >= 15 is 0 Å². The summed E-state index contributed by atoms with van der Waals surface area (Å²) in [5, 5.41) is 7.83. The van der Waals surface area contributed by atoms with E-state index in [0.29, 0.717) is 0 Å². The molecule has 102 valence electrons. The maximum Gasteiger partial charge on any atom is 0.0695 e. The molecule has 0 fully saturated rings. The summed E-state index contributed by atoms with van der Waals surface area (Å²) in [4.78, 5) is 0. The zero-order valence-electron chi connectivity index (χ0n) is 11.0. The molecule has 0 aliphatic heterocycles. The zero-order valence-corrected chi connectivity index (χ0v) is 14.2. The number of aryl methyl sites for hydroxylation is 1. The predicted octanol–water partition coefficient (Wildman–Crippen LogP) is 3.84. The molecular weight excluding hydrogens is 370 g/mol. The van der Waals surface area contributed by atoms with E-state index in [1.54, 1.807) is 0 Å². The summed E-state index contributed by atoms with van der Waals surface area (Å²) in [6.45, 7) is 3.05. The molecule has 0 saturated carbocycles. The molecule has 1 atom stereocenters. The fourth-order valence-electron chi connectivity index (χ4n) is 2.21. The highest BCUT2D eigenvalue weighted by Crippen LogP contribution is 2.28. The lowest BCUT2D eigenvalue weighted by atomic mass is 10.0. The van der Waals surface area contributed by atoms with Crippen molar-refractivity contribution in [2.75, 3.05) is 6.54 Å². The number of benzene rings is 1. The van der Waals surface area contributed by atoms with E-state index in [1.165, 1.54) is 11.3 Å². The minimum atomic E-state index is 0.241. The minimum Gasteiger partial charge on any atom is -0.309 e. The first-order valence-corrected chi connectivity index (χ1v) is 7.86. The molecule has 1 aromatic carbocycles. The minimum absolute atomic E-state index is 0.241. The fraction of sp³-hybridized carbons (Fsp3) is 0.357. The number of likely N-dealkylation sites (N-methyl/N-ethyl adjacent to an activating group) is 1. The highest BCUT2D eigenvalue weighted by atomic mass is 79.9. The third-order valence-corrected chi connectivity index (χ3v) is 4.48. The highest BCUT2D eigenvalue weighted by molar-refractivity contribution is 9.10. The lowest BCUT2D eigenvalue weighted by molar-refractivity contribution is 0.505. The molecule has 0 aliphatic rings. The van der Waals surface area contributed by atoms with Crippen LogP contribution in [0.4, 0.5) is 0 Å². The Balaban J connectivity index is 2.29. The maximum atomic E-state index is 4.30. The lowest BCUT2D eigenvalue weighted by Crippen LogP contribution is -2.25. The zero-order chi connectivity index (χ0) is 13.8. The van der Waals surface area contributed by atoms with E-state index < -0.39 is 0 Å². The second-order valence-electron chi connectivity index (χ2n) is 4.41. The third-order valence-electron chi connectivity index (χ3n) is 3.10. The van der Waals surface area contributed by atoms with Gasteiger partial charge in [-0.1, -0.05) is 41.1 Å². The first-order chi connectivity index (χ1) is 9.13. The summed E-state index contributed by atoms with van der Waals surface area (Å²) >= 11 is 7.20. The Labute approximate surface area is 130 Å². The highest BCUT2D eigenvalue weighted by Gasteiger charge is 2.19. The molecule has 2 rings (SSSR count). The van der Waals surface area contributed by atoms with Gasteiger partial charge in [-0.3, -0.25) is 4.68 Å². The molecule has 1 unspecified atom stereocenters. The summed E-state index contributed by atoms with van der Waals surface area (Å²) in [7, 11) is 1.98. The molecule has 3 nitrogen and oxygen atoms in total. The molecule has 0 aliphatic carbocycles. The van der Waals surface area contributed by atoms with Crippen molar-refractivity contribution in [3.05, 3.63) is 50.7 Å². The molecule has 0 saturated heterocycles. The lowest BCUT2D eigenvalue weighted by Gasteiger charge is -2.19. The SMILES string of the molecule is CCNC(Cc1ccccc1Br)c1c(Br)cnn1C. The molecule has 1 N–H and O–H groups in total. The van der Waals surface area contributed by atoms with Crippen molar-refractivity contribution in [3.63, 3.8) is 0 Å². The van der Waals surface area contributed by atoms with Gasteiger partial charge >= 0.3 is 0 Å². The van der Waals surface area contributed by atoms with Crippen molar-refractivity contribution in [3.8, 4) is 0 Å². The van der Waals surface area contributed by atoms with E-state index in [9.17, 15) is 0 Å². The van der Waals surface area contributed by atoms with Crippen LogP contribution in [0.5, 0.6) is 0 Å². The normalized spacial score (nSPS) is 12.6. The van der Waals surface area contributed by atoms with Crippen LogP contribution in [0.15, 0.2) is 39.4 Å². The van der Waals surface area contributed by atoms with Gasteiger partial charge in [-0.2, -0.15) is 5.10 Å². The average Bonchev–Trinajstić information content (AvgIpc) is 2.71. The van der Waals surface area contributed by atoms with Crippen LogP contribution in [0.1, 0.15) is 24.2 Å². The van der Waals surface area contributed by atoms with Gasteiger partial charge in [0, 0.05) is 11.5 Å². The molecule has 1 heterocycles. The molecule has 5 heteroatoms. The van der Waals surface area contributed by atoms with Gasteiger partial charge in [0.25, 0.3) is 0 Å². The standard InChI is InChI=1S/C14H17Br2N3/c1-3-17-13(14-12(16)9-18-19(14)2)8-10-6-4-5-7-11(10)15/h4-7,9,13,17H,3,8H2,1-2H3. The summed E-state index contributed by atoms with van der Waals surface area (Å²) in [6.07, 6.45) is 2.77. The Hall–Kier alpha value is -0.650. The first-order valence-electron chi connectivity index (χ1n) is 6.27. The van der Waals surface area contributed by atoms with Crippen molar-refractivity contribution < 1.29 is 0 Å². The molecule has 1 aromatic heterocycles. The van der Waals surface area contributed by atoms with Crippen molar-refractivity contribution in [1.82, 2.24) is 15.1 Å². The van der Waals surface area contributed by atoms with E-state index in [0.717, 1.165) is 21.9 Å². The Morgan fingerprint density at radius 1 is 1.26 bits per heavy atom. The molecule has 2 aromatic rings. The Morgan fingerprint density at radius 2 is 2.00 bits per heavy atom. The molecule has 19 heavy (non-hydrogen) atoms. The van der Waals surface area contributed by atoms with Crippen molar-refractivity contribution in [2.45, 2.75) is 19.4 Å². The summed E-state index contributed by atoms with van der Waals surface area (Å²) in [5.74, 6) is 0. The van der Waals surface area contributed by atoms with Gasteiger partial charge in [0.15, 0.2) is 0 Å². The number of nitrogens with one attached hydrogen (secondary N) is 1. The van der Waals surface area contributed by atoms with Crippen LogP contribution in [-0.4, -0.2) is 16.3 Å². The topological polar surface area (TPSA) is 29.9 Å². The molecule has 0 spiro atoms. The van der Waals surface area contributed by atoms with E-state index in [1.807, 2.05) is 24.0 Å². The van der Waals surface area contributed by atoms with Gasteiger partial charge in [-0.05, 0) is 40.5 Å². The van der Waals surface area contributed by atoms with Crippen LogP contribution >= 0.6 is 31.9 Å². The Bertz CT molecular complexity index is 532. The van der Waals surface area contributed by atoms with Crippen molar-refractivity contribution in [1.29, 1.82) is 0 Å². The quantitative estimate of drug-likeness (QED) is 0.845. The Kier molecular flexibility index (Phi) is 5.19. The first kappa shape index (κ1) is 14.8. The van der Waals surface area contributed by atoms with Crippen LogP contribution in [0.3, 0.4) is 0 Å². The predicted molar refractivity (Wildman–Crippen MR) is 85.2 cm³/mol. The summed E-state index contributed by atoms with van der Waals surface area (Å²) in [5.41, 5.74) is 2.47. The van der Waals surface area contributed by atoms with E-state index in [4.69, 9.17) is 0 Å². The van der Waals surface area contributed by atoms with Gasteiger partial charge in [0.2, 0.25) is 0 Å². The van der Waals surface area contributed by atoms with Gasteiger partial charge in [-0.15, -0.1) is 0 Å². The van der Waals surface area contributed by atoms with Crippen LogP contribution in [-0.2, 0) is 13.5 Å². The average molecular weight is 387 g/mol. The molecule has 0 amide bonds. The second kappa shape index (κ2) is 6.68. The third kappa shape index (κ3) is 3.46. The van der Waals surface area contributed by atoms with Gasteiger partial charge < -0.3 is 5.32 Å². The van der Waals surface area contributed by atoms with E-state index in [-0.39, 0.29) is 6.04 Å². The largest absolute Gasteiger partial charge is 0.309 e. The molecule has 0 bridgehead atoms. The number of rotatable bonds is 5. The van der Waals surface area contributed by atoms with Gasteiger partial charge in [-0.25, -0.2) is 0 Å². The number of hydrogen-bond donors (Lipinski definition) is 1. The summed E-state index contributed by atoms with van der Waals surface area (Å²) in [6, 6.07) is 8.58. The van der Waals surface area contributed by atoms with Gasteiger partial charge in [0.05, 0.1) is 22.4 Å². The van der Waals surface area contributed by atoms with Crippen LogP contribution in [0.25, 0.3) is 0 Å². The maximum absolute atomic E-state index is 4.30. The fourth-order valence-corrected chi connectivity index (χ4v) is 3.28. The Morgan fingerprint density at radius 3 is 2.58 bits per heavy atom. The number of nitrogens with zero attached hydrogens (tertiary/aromatic N) is 2. The molecular formula is C14H17Br2N3. The summed E-state index contributed by atoms with van der Waals surface area (Å²) < 4.78 is 4.12. The number of hydrogen-bond acceptors (Lipinski definition) is 2. The van der Waals surface area contributed by atoms with Crippen LogP contribution in [0, 0.1) is 0 Å². The van der Waals surface area contributed by atoms with E-state index in [2.05, 4.69) is 67.4 Å².